The van der Waals surface area contributed by atoms with Crippen LogP contribution in [-0.4, -0.2) is 19.9 Å². The van der Waals surface area contributed by atoms with Crippen molar-refractivity contribution in [2.45, 2.75) is 24.0 Å². The molecule has 0 aliphatic heterocycles. The molecule has 2 aromatic rings. The molecule has 0 aliphatic carbocycles. The highest BCUT2D eigenvalue weighted by Gasteiger charge is 2.14. The molecule has 0 amide bonds. The van der Waals surface area contributed by atoms with Crippen LogP contribution in [0.15, 0.2) is 28.4 Å². The van der Waals surface area contributed by atoms with Gasteiger partial charge in [0.25, 0.3) is 0 Å². The molecule has 2 N–H and O–H groups in total. The van der Waals surface area contributed by atoms with Crippen LogP contribution in [0, 0.1) is 24.0 Å². The summed E-state index contributed by atoms with van der Waals surface area (Å²) in [6.45, 7) is 3.74. The summed E-state index contributed by atoms with van der Waals surface area (Å²) in [5, 5.41) is 11.7. The minimum atomic E-state index is -0.565. The first kappa shape index (κ1) is 13.2. The molecule has 0 saturated heterocycles. The molecule has 0 unspecified atom stereocenters. The Morgan fingerprint density at radius 3 is 2.37 bits per heavy atom. The average Bonchev–Trinajstić information content (AvgIpc) is 2.26. The summed E-state index contributed by atoms with van der Waals surface area (Å²) in [5.41, 5.74) is 7.03. The van der Waals surface area contributed by atoms with E-state index in [0.29, 0.717) is 10.2 Å². The lowest BCUT2D eigenvalue weighted by atomic mass is 10.4. The predicted molar refractivity (Wildman–Crippen MR) is 70.9 cm³/mol. The topological polar surface area (TPSA) is 108 Å². The summed E-state index contributed by atoms with van der Waals surface area (Å²) in [6.07, 6.45) is 0. The van der Waals surface area contributed by atoms with Crippen molar-refractivity contribution in [2.75, 3.05) is 5.73 Å². The molecule has 0 radical (unpaired) electrons. The van der Waals surface area contributed by atoms with E-state index >= 15 is 0 Å². The molecule has 2 heterocycles. The van der Waals surface area contributed by atoms with Crippen LogP contribution < -0.4 is 5.73 Å². The Morgan fingerprint density at radius 1 is 1.21 bits per heavy atom. The summed E-state index contributed by atoms with van der Waals surface area (Å²) >= 11 is 1.21. The quantitative estimate of drug-likeness (QED) is 0.520. The highest BCUT2D eigenvalue weighted by molar-refractivity contribution is 7.99. The lowest BCUT2D eigenvalue weighted by molar-refractivity contribution is -0.384. The maximum atomic E-state index is 10.6. The van der Waals surface area contributed by atoms with Gasteiger partial charge >= 0.3 is 5.69 Å². The Hall–Kier alpha value is -2.22. The Morgan fingerprint density at radius 2 is 1.84 bits per heavy atom. The van der Waals surface area contributed by atoms with Crippen LogP contribution in [0.4, 0.5) is 11.5 Å². The molecule has 0 fully saturated rings. The van der Waals surface area contributed by atoms with Gasteiger partial charge in [0, 0.05) is 17.5 Å². The Balaban J connectivity index is 2.28. The first-order valence-corrected chi connectivity index (χ1v) is 6.18. The van der Waals surface area contributed by atoms with E-state index in [9.17, 15) is 10.1 Å². The molecule has 0 aliphatic rings. The first-order chi connectivity index (χ1) is 8.95. The van der Waals surface area contributed by atoms with E-state index in [1.807, 2.05) is 19.9 Å². The highest BCUT2D eigenvalue weighted by atomic mass is 32.2. The van der Waals surface area contributed by atoms with Gasteiger partial charge in [0.15, 0.2) is 5.16 Å². The third-order valence-electron chi connectivity index (χ3n) is 2.23. The van der Waals surface area contributed by atoms with Crippen molar-refractivity contribution in [2.24, 2.45) is 0 Å². The fourth-order valence-corrected chi connectivity index (χ4v) is 2.34. The van der Waals surface area contributed by atoms with E-state index in [-0.39, 0.29) is 11.5 Å². The van der Waals surface area contributed by atoms with Crippen molar-refractivity contribution >= 4 is 23.3 Å². The monoisotopic (exact) mass is 277 g/mol. The van der Waals surface area contributed by atoms with E-state index in [4.69, 9.17) is 5.73 Å². The van der Waals surface area contributed by atoms with Crippen molar-refractivity contribution in [3.05, 3.63) is 39.7 Å². The third kappa shape index (κ3) is 3.16. The normalized spacial score (nSPS) is 10.4. The van der Waals surface area contributed by atoms with E-state index in [1.54, 1.807) is 0 Å². The average molecular weight is 277 g/mol. The third-order valence-corrected chi connectivity index (χ3v) is 3.03. The predicted octanol–water partition coefficient (Wildman–Crippen LogP) is 2.13. The number of aromatic nitrogens is 3. The van der Waals surface area contributed by atoms with E-state index in [1.165, 1.54) is 23.9 Å². The van der Waals surface area contributed by atoms with Gasteiger partial charge in [-0.1, -0.05) is 0 Å². The highest BCUT2D eigenvalue weighted by Crippen LogP contribution is 2.27. The Bertz CT molecular complexity index is 627. The molecule has 0 bridgehead atoms. The van der Waals surface area contributed by atoms with Gasteiger partial charge in [0.05, 0.1) is 4.92 Å². The summed E-state index contributed by atoms with van der Waals surface area (Å²) in [7, 11) is 0. The van der Waals surface area contributed by atoms with Crippen molar-refractivity contribution in [3.63, 3.8) is 0 Å². The van der Waals surface area contributed by atoms with Crippen LogP contribution in [0.2, 0.25) is 0 Å². The molecule has 0 saturated carbocycles. The Labute approximate surface area is 113 Å². The molecular weight excluding hydrogens is 266 g/mol. The van der Waals surface area contributed by atoms with Gasteiger partial charge in [-0.3, -0.25) is 10.1 Å². The minimum Gasteiger partial charge on any atom is -0.378 e. The van der Waals surface area contributed by atoms with Crippen LogP contribution in [0.5, 0.6) is 0 Å². The zero-order valence-corrected chi connectivity index (χ0v) is 11.1. The fraction of sp³-hybridized carbons (Fsp3) is 0.182. The minimum absolute atomic E-state index is 0.112. The van der Waals surface area contributed by atoms with Crippen molar-refractivity contribution < 1.29 is 4.92 Å². The van der Waals surface area contributed by atoms with Crippen molar-refractivity contribution in [1.82, 2.24) is 15.0 Å². The lowest BCUT2D eigenvalue weighted by Gasteiger charge is -2.03. The number of anilines is 1. The molecule has 98 valence electrons. The molecule has 2 aromatic heterocycles. The number of nitrogens with zero attached hydrogens (tertiary/aromatic N) is 4. The fourth-order valence-electron chi connectivity index (χ4n) is 1.49. The molecule has 2 rings (SSSR count). The van der Waals surface area contributed by atoms with Crippen molar-refractivity contribution in [1.29, 1.82) is 0 Å². The van der Waals surface area contributed by atoms with Crippen LogP contribution >= 0.6 is 11.8 Å². The number of hydrogen-bond acceptors (Lipinski definition) is 7. The molecular formula is C11H11N5O2S. The maximum absolute atomic E-state index is 10.6. The number of nitrogens with two attached hydrogens (primary N) is 1. The first-order valence-electron chi connectivity index (χ1n) is 5.37. The second-order valence-corrected chi connectivity index (χ2v) is 4.83. The van der Waals surface area contributed by atoms with E-state index in [0.717, 1.165) is 11.4 Å². The molecule has 8 heteroatoms. The number of nitrogen functional groups attached to an aromatic ring is 1. The largest absolute Gasteiger partial charge is 0.378 e. The van der Waals surface area contributed by atoms with Gasteiger partial charge in [-0.2, -0.15) is 0 Å². The number of hydrogen-bond donors (Lipinski definition) is 1. The van der Waals surface area contributed by atoms with Crippen LogP contribution in [-0.2, 0) is 0 Å². The molecule has 0 aromatic carbocycles. The Kier molecular flexibility index (Phi) is 3.61. The van der Waals surface area contributed by atoms with Gasteiger partial charge in [-0.25, -0.2) is 15.0 Å². The smallest absolute Gasteiger partial charge is 0.311 e. The number of rotatable bonds is 3. The molecule has 0 spiro atoms. The lowest BCUT2D eigenvalue weighted by Crippen LogP contribution is -1.99. The zero-order chi connectivity index (χ0) is 14.0. The van der Waals surface area contributed by atoms with Crippen LogP contribution in [0.1, 0.15) is 11.4 Å². The van der Waals surface area contributed by atoms with E-state index < -0.39 is 4.92 Å². The second-order valence-electron chi connectivity index (χ2n) is 3.85. The van der Waals surface area contributed by atoms with Crippen molar-refractivity contribution in [3.8, 4) is 0 Å². The number of nitro groups is 1. The number of pyridine rings is 1. The zero-order valence-electron chi connectivity index (χ0n) is 10.3. The maximum Gasteiger partial charge on any atom is 0.311 e. The summed E-state index contributed by atoms with van der Waals surface area (Å²) in [5.74, 6) is -0.112. The molecule has 0 atom stereocenters. The molecule has 19 heavy (non-hydrogen) atoms. The van der Waals surface area contributed by atoms with Crippen LogP contribution in [0.3, 0.4) is 0 Å². The molecule has 7 nitrogen and oxygen atoms in total. The van der Waals surface area contributed by atoms with Crippen LogP contribution in [0.25, 0.3) is 0 Å². The van der Waals surface area contributed by atoms with Gasteiger partial charge < -0.3 is 5.73 Å². The SMILES string of the molecule is Cc1cc(C)nc(Sc2ccc([N+](=O)[O-])c(N)n2)n1. The summed E-state index contributed by atoms with van der Waals surface area (Å²) in [4.78, 5) is 22.5. The van der Waals surface area contributed by atoms with Gasteiger partial charge in [-0.15, -0.1) is 0 Å². The van der Waals surface area contributed by atoms with Gasteiger partial charge in [-0.05, 0) is 37.7 Å². The van der Waals surface area contributed by atoms with E-state index in [2.05, 4.69) is 15.0 Å². The summed E-state index contributed by atoms with van der Waals surface area (Å²) < 4.78 is 0. The standard InChI is InChI=1S/C11H11N5O2S/c1-6-5-7(2)14-11(13-6)19-9-4-3-8(16(17)18)10(12)15-9/h3-5H,1-2H3,(H2,12,15). The van der Waals surface area contributed by atoms with Gasteiger partial charge in [0.1, 0.15) is 5.03 Å². The van der Waals surface area contributed by atoms with Gasteiger partial charge in [0.2, 0.25) is 5.82 Å². The summed E-state index contributed by atoms with van der Waals surface area (Å²) in [6, 6.07) is 4.72. The number of aryl methyl sites for hydroxylation is 2. The second kappa shape index (κ2) is 5.19.